The molecule has 4 nitrogen and oxygen atoms in total. The second-order valence-electron chi connectivity index (χ2n) is 5.02. The van der Waals surface area contributed by atoms with Crippen LogP contribution in [-0.4, -0.2) is 23.2 Å². The van der Waals surface area contributed by atoms with Crippen LogP contribution in [0.15, 0.2) is 18.2 Å². The third-order valence-electron chi connectivity index (χ3n) is 3.68. The lowest BCUT2D eigenvalue weighted by Crippen LogP contribution is -2.26. The fourth-order valence-electron chi connectivity index (χ4n) is 2.64. The van der Waals surface area contributed by atoms with Gasteiger partial charge >= 0.3 is 0 Å². The van der Waals surface area contributed by atoms with Crippen LogP contribution in [0.2, 0.25) is 0 Å². The second-order valence-corrected chi connectivity index (χ2v) is 5.02. The van der Waals surface area contributed by atoms with Crippen molar-refractivity contribution < 1.29 is 14.6 Å². The number of fused-ring (bicyclic) bond motifs is 1. The maximum atomic E-state index is 11.3. The molecule has 2 N–H and O–H groups in total. The molecule has 18 heavy (non-hydrogen) atoms. The van der Waals surface area contributed by atoms with Gasteiger partial charge in [0.2, 0.25) is 5.91 Å². The first-order valence-corrected chi connectivity index (χ1v) is 6.50. The molecule has 1 saturated carbocycles. The van der Waals surface area contributed by atoms with Gasteiger partial charge in [0.1, 0.15) is 11.9 Å². The Morgan fingerprint density at radius 1 is 1.28 bits per heavy atom. The van der Waals surface area contributed by atoms with Crippen molar-refractivity contribution in [2.75, 3.05) is 5.32 Å². The van der Waals surface area contributed by atoms with E-state index in [4.69, 9.17) is 4.74 Å². The van der Waals surface area contributed by atoms with E-state index in [9.17, 15) is 9.90 Å². The lowest BCUT2D eigenvalue weighted by Gasteiger charge is -2.21. The summed E-state index contributed by atoms with van der Waals surface area (Å²) in [6.45, 7) is 0. The summed E-state index contributed by atoms with van der Waals surface area (Å²) in [5.74, 6) is 0.780. The first-order chi connectivity index (χ1) is 8.72. The van der Waals surface area contributed by atoms with Crippen LogP contribution >= 0.6 is 0 Å². The van der Waals surface area contributed by atoms with Gasteiger partial charge in [0, 0.05) is 18.2 Å². The largest absolute Gasteiger partial charge is 0.488 e. The van der Waals surface area contributed by atoms with Gasteiger partial charge in [-0.2, -0.15) is 0 Å². The summed E-state index contributed by atoms with van der Waals surface area (Å²) < 4.78 is 5.79. The summed E-state index contributed by atoms with van der Waals surface area (Å²) in [6, 6.07) is 5.77. The van der Waals surface area contributed by atoms with E-state index in [2.05, 4.69) is 5.32 Å². The van der Waals surface area contributed by atoms with E-state index in [-0.39, 0.29) is 18.1 Å². The minimum absolute atomic E-state index is 0.0561. The average molecular weight is 247 g/mol. The molecule has 2 unspecified atom stereocenters. The zero-order chi connectivity index (χ0) is 12.5. The zero-order valence-corrected chi connectivity index (χ0v) is 10.2. The molecule has 3 rings (SSSR count). The van der Waals surface area contributed by atoms with Crippen molar-refractivity contribution in [1.29, 1.82) is 0 Å². The maximum absolute atomic E-state index is 11.3. The number of benzene rings is 1. The second kappa shape index (κ2) is 4.61. The van der Waals surface area contributed by atoms with Gasteiger partial charge in [0.05, 0.1) is 6.10 Å². The van der Waals surface area contributed by atoms with Crippen LogP contribution in [-0.2, 0) is 11.2 Å². The van der Waals surface area contributed by atoms with Gasteiger partial charge in [-0.3, -0.25) is 4.79 Å². The van der Waals surface area contributed by atoms with Crippen LogP contribution in [0.3, 0.4) is 0 Å². The van der Waals surface area contributed by atoms with Crippen LogP contribution in [0.5, 0.6) is 5.75 Å². The van der Waals surface area contributed by atoms with Crippen LogP contribution in [0.1, 0.15) is 31.2 Å². The van der Waals surface area contributed by atoms with E-state index in [1.807, 2.05) is 18.2 Å². The highest BCUT2D eigenvalue weighted by Gasteiger charge is 2.27. The SMILES string of the molecule is O=C1CCc2ccc(OC3CCCC3O)cc2N1. The van der Waals surface area contributed by atoms with Crippen LogP contribution in [0.25, 0.3) is 0 Å². The van der Waals surface area contributed by atoms with Gasteiger partial charge in [-0.1, -0.05) is 6.07 Å². The van der Waals surface area contributed by atoms with E-state index in [0.717, 1.165) is 42.7 Å². The molecule has 0 saturated heterocycles. The van der Waals surface area contributed by atoms with Crippen molar-refractivity contribution in [3.8, 4) is 5.75 Å². The highest BCUT2D eigenvalue weighted by Crippen LogP contribution is 2.30. The van der Waals surface area contributed by atoms with Crippen molar-refractivity contribution in [2.24, 2.45) is 0 Å². The Labute approximate surface area is 106 Å². The number of hydrogen-bond donors (Lipinski definition) is 2. The molecule has 0 aromatic heterocycles. The highest BCUT2D eigenvalue weighted by atomic mass is 16.5. The van der Waals surface area contributed by atoms with Crippen LogP contribution in [0.4, 0.5) is 5.69 Å². The fraction of sp³-hybridized carbons (Fsp3) is 0.500. The minimum atomic E-state index is -0.365. The molecule has 0 bridgehead atoms. The average Bonchev–Trinajstić information content (AvgIpc) is 2.74. The van der Waals surface area contributed by atoms with E-state index in [1.54, 1.807) is 0 Å². The molecule has 4 heteroatoms. The first-order valence-electron chi connectivity index (χ1n) is 6.50. The molecule has 1 heterocycles. The molecule has 1 aliphatic carbocycles. The number of carbonyl (C=O) groups excluding carboxylic acids is 1. The van der Waals surface area contributed by atoms with Crippen molar-refractivity contribution >= 4 is 11.6 Å². The molecule has 2 atom stereocenters. The third kappa shape index (κ3) is 2.20. The molecule has 2 aliphatic rings. The number of anilines is 1. The number of carbonyl (C=O) groups is 1. The third-order valence-corrected chi connectivity index (χ3v) is 3.68. The van der Waals surface area contributed by atoms with E-state index >= 15 is 0 Å². The first kappa shape index (κ1) is 11.5. The van der Waals surface area contributed by atoms with Crippen molar-refractivity contribution in [2.45, 2.75) is 44.3 Å². The summed E-state index contributed by atoms with van der Waals surface area (Å²) in [7, 11) is 0. The van der Waals surface area contributed by atoms with Gasteiger partial charge < -0.3 is 15.2 Å². The number of aliphatic hydroxyl groups excluding tert-OH is 1. The van der Waals surface area contributed by atoms with E-state index in [0.29, 0.717) is 6.42 Å². The summed E-state index contributed by atoms with van der Waals surface area (Å²) in [4.78, 5) is 11.3. The van der Waals surface area contributed by atoms with Gasteiger partial charge in [-0.15, -0.1) is 0 Å². The Hall–Kier alpha value is -1.55. The standard InChI is InChI=1S/C14H17NO3/c16-12-2-1-3-13(12)18-10-6-4-9-5-7-14(17)15-11(9)8-10/h4,6,8,12-13,16H,1-3,5,7H2,(H,15,17). The number of hydrogen-bond acceptors (Lipinski definition) is 3. The lowest BCUT2D eigenvalue weighted by molar-refractivity contribution is -0.116. The lowest BCUT2D eigenvalue weighted by atomic mass is 10.0. The predicted octanol–water partition coefficient (Wildman–Crippen LogP) is 1.86. The topological polar surface area (TPSA) is 58.6 Å². The van der Waals surface area contributed by atoms with Crippen LogP contribution < -0.4 is 10.1 Å². The number of aliphatic hydroxyl groups is 1. The van der Waals surface area contributed by atoms with Gasteiger partial charge in [-0.05, 0) is 37.3 Å². The summed E-state index contributed by atoms with van der Waals surface area (Å²) in [6.07, 6.45) is 3.57. The monoisotopic (exact) mass is 247 g/mol. The predicted molar refractivity (Wildman–Crippen MR) is 67.7 cm³/mol. The molecule has 1 amide bonds. The molecular formula is C14H17NO3. The molecule has 96 valence electrons. The maximum Gasteiger partial charge on any atom is 0.224 e. The Morgan fingerprint density at radius 2 is 2.17 bits per heavy atom. The van der Waals surface area contributed by atoms with E-state index < -0.39 is 0 Å². The van der Waals surface area contributed by atoms with E-state index in [1.165, 1.54) is 0 Å². The van der Waals surface area contributed by atoms with Crippen molar-refractivity contribution in [1.82, 2.24) is 0 Å². The van der Waals surface area contributed by atoms with Gasteiger partial charge in [-0.25, -0.2) is 0 Å². The zero-order valence-electron chi connectivity index (χ0n) is 10.2. The highest BCUT2D eigenvalue weighted by molar-refractivity contribution is 5.94. The van der Waals surface area contributed by atoms with Crippen LogP contribution in [0, 0.1) is 0 Å². The fourth-order valence-corrected chi connectivity index (χ4v) is 2.64. The number of ether oxygens (including phenoxy) is 1. The molecule has 0 radical (unpaired) electrons. The molecule has 1 fully saturated rings. The molecule has 0 spiro atoms. The minimum Gasteiger partial charge on any atom is -0.488 e. The summed E-state index contributed by atoms with van der Waals surface area (Å²) in [5.41, 5.74) is 1.99. The molecular weight excluding hydrogens is 230 g/mol. The molecule has 1 aliphatic heterocycles. The normalized spacial score (nSPS) is 26.6. The number of aryl methyl sites for hydroxylation is 1. The van der Waals surface area contributed by atoms with Gasteiger partial charge in [0.25, 0.3) is 0 Å². The quantitative estimate of drug-likeness (QED) is 0.838. The summed E-state index contributed by atoms with van der Waals surface area (Å²) in [5, 5.41) is 12.6. The number of rotatable bonds is 2. The Balaban J connectivity index is 1.77. The smallest absolute Gasteiger partial charge is 0.224 e. The number of nitrogens with one attached hydrogen (secondary N) is 1. The number of amides is 1. The Kier molecular flexibility index (Phi) is 2.96. The van der Waals surface area contributed by atoms with Crippen molar-refractivity contribution in [3.63, 3.8) is 0 Å². The molecule has 1 aromatic rings. The summed E-state index contributed by atoms with van der Waals surface area (Å²) >= 11 is 0. The van der Waals surface area contributed by atoms with Gasteiger partial charge in [0.15, 0.2) is 0 Å². The Bertz CT molecular complexity index is 472. The van der Waals surface area contributed by atoms with Crippen molar-refractivity contribution in [3.05, 3.63) is 23.8 Å². The Morgan fingerprint density at radius 3 is 2.94 bits per heavy atom. The molecule has 1 aromatic carbocycles.